The first-order valence-corrected chi connectivity index (χ1v) is 10.3. The Morgan fingerprint density at radius 1 is 1.21 bits per heavy atom. The first-order valence-electron chi connectivity index (χ1n) is 9.45. The SMILES string of the molecule is CCOC(=O)c1c(NC(=O)C(C)n2c(=O)cc(C)c3ccccc32)sc(C)c1C. The molecule has 7 heteroatoms. The van der Waals surface area contributed by atoms with Crippen LogP contribution in [0.3, 0.4) is 0 Å². The number of aromatic nitrogens is 1. The lowest BCUT2D eigenvalue weighted by Gasteiger charge is -2.18. The van der Waals surface area contributed by atoms with Crippen LogP contribution in [0.4, 0.5) is 5.00 Å². The molecule has 0 bridgehead atoms. The van der Waals surface area contributed by atoms with E-state index in [4.69, 9.17) is 4.74 Å². The van der Waals surface area contributed by atoms with Crippen LogP contribution in [-0.2, 0) is 9.53 Å². The van der Waals surface area contributed by atoms with Crippen molar-refractivity contribution < 1.29 is 14.3 Å². The molecule has 6 nitrogen and oxygen atoms in total. The lowest BCUT2D eigenvalue weighted by Crippen LogP contribution is -2.32. The topological polar surface area (TPSA) is 77.4 Å². The summed E-state index contributed by atoms with van der Waals surface area (Å²) >= 11 is 1.33. The largest absolute Gasteiger partial charge is 0.462 e. The van der Waals surface area contributed by atoms with Crippen LogP contribution in [0.5, 0.6) is 0 Å². The number of ether oxygens (including phenoxy) is 1. The van der Waals surface area contributed by atoms with E-state index in [0.29, 0.717) is 16.1 Å². The number of hydrogen-bond donors (Lipinski definition) is 1. The van der Waals surface area contributed by atoms with Crippen LogP contribution in [0.25, 0.3) is 10.9 Å². The molecule has 1 atom stereocenters. The summed E-state index contributed by atoms with van der Waals surface area (Å²) in [6.07, 6.45) is 0. The number of aryl methyl sites for hydroxylation is 2. The minimum atomic E-state index is -0.759. The fraction of sp³-hybridized carbons (Fsp3) is 0.318. The van der Waals surface area contributed by atoms with E-state index in [0.717, 1.165) is 21.4 Å². The summed E-state index contributed by atoms with van der Waals surface area (Å²) in [6.45, 7) is 9.26. The Morgan fingerprint density at radius 3 is 2.59 bits per heavy atom. The third kappa shape index (κ3) is 3.82. The van der Waals surface area contributed by atoms with Gasteiger partial charge < -0.3 is 10.1 Å². The Labute approximate surface area is 173 Å². The molecule has 0 aliphatic heterocycles. The molecule has 0 fully saturated rings. The first-order chi connectivity index (χ1) is 13.8. The highest BCUT2D eigenvalue weighted by molar-refractivity contribution is 7.16. The van der Waals surface area contributed by atoms with E-state index in [1.807, 2.05) is 45.0 Å². The number of hydrogen-bond acceptors (Lipinski definition) is 5. The highest BCUT2D eigenvalue weighted by atomic mass is 32.1. The summed E-state index contributed by atoms with van der Waals surface area (Å²) in [7, 11) is 0. The van der Waals surface area contributed by atoms with Gasteiger partial charge in [-0.3, -0.25) is 14.2 Å². The van der Waals surface area contributed by atoms with Crippen molar-refractivity contribution in [3.05, 3.63) is 62.3 Å². The summed E-state index contributed by atoms with van der Waals surface area (Å²) in [5.41, 5.74) is 2.48. The van der Waals surface area contributed by atoms with Gasteiger partial charge in [0.05, 0.1) is 17.7 Å². The van der Waals surface area contributed by atoms with Crippen LogP contribution in [0.2, 0.25) is 0 Å². The van der Waals surface area contributed by atoms with E-state index in [1.165, 1.54) is 22.0 Å². The minimum Gasteiger partial charge on any atom is -0.462 e. The number of esters is 1. The first kappa shape index (κ1) is 20.8. The van der Waals surface area contributed by atoms with Gasteiger partial charge in [-0.15, -0.1) is 11.3 Å². The Balaban J connectivity index is 2.00. The second kappa shape index (κ2) is 8.21. The zero-order valence-corrected chi connectivity index (χ0v) is 18.0. The van der Waals surface area contributed by atoms with Crippen LogP contribution >= 0.6 is 11.3 Å². The van der Waals surface area contributed by atoms with Gasteiger partial charge >= 0.3 is 5.97 Å². The van der Waals surface area contributed by atoms with Crippen molar-refractivity contribution in [2.45, 2.75) is 40.7 Å². The second-order valence-electron chi connectivity index (χ2n) is 6.93. The number of thiophene rings is 1. The molecule has 2 aromatic heterocycles. The number of benzene rings is 1. The van der Waals surface area contributed by atoms with Gasteiger partial charge in [-0.05, 0) is 51.8 Å². The quantitative estimate of drug-likeness (QED) is 0.632. The van der Waals surface area contributed by atoms with Gasteiger partial charge in [0.15, 0.2) is 0 Å². The van der Waals surface area contributed by atoms with Gasteiger partial charge in [-0.2, -0.15) is 0 Å². The number of carbonyl (C=O) groups is 2. The van der Waals surface area contributed by atoms with Gasteiger partial charge in [0.1, 0.15) is 11.0 Å². The van der Waals surface area contributed by atoms with Gasteiger partial charge in [0, 0.05) is 16.3 Å². The molecule has 1 N–H and O–H groups in total. The summed E-state index contributed by atoms with van der Waals surface area (Å²) in [4.78, 5) is 39.0. The normalized spacial score (nSPS) is 12.0. The van der Waals surface area contributed by atoms with Gasteiger partial charge in [0.25, 0.3) is 5.56 Å². The molecular weight excluding hydrogens is 388 g/mol. The van der Waals surface area contributed by atoms with Crippen LogP contribution in [0.1, 0.15) is 46.3 Å². The molecule has 29 heavy (non-hydrogen) atoms. The number of pyridine rings is 1. The van der Waals surface area contributed by atoms with E-state index >= 15 is 0 Å². The molecular formula is C22H24N2O4S. The maximum atomic E-state index is 13.0. The van der Waals surface area contributed by atoms with Crippen molar-refractivity contribution >= 4 is 39.1 Å². The van der Waals surface area contributed by atoms with Crippen molar-refractivity contribution in [2.75, 3.05) is 11.9 Å². The maximum absolute atomic E-state index is 13.0. The van der Waals surface area contributed by atoms with E-state index < -0.39 is 12.0 Å². The highest BCUT2D eigenvalue weighted by Crippen LogP contribution is 2.33. The lowest BCUT2D eigenvalue weighted by atomic mass is 10.1. The van der Waals surface area contributed by atoms with Gasteiger partial charge in [-0.1, -0.05) is 18.2 Å². The predicted octanol–water partition coefficient (Wildman–Crippen LogP) is 4.36. The fourth-order valence-electron chi connectivity index (χ4n) is 3.37. The van der Waals surface area contributed by atoms with Crippen molar-refractivity contribution in [1.82, 2.24) is 4.57 Å². The number of para-hydroxylation sites is 1. The van der Waals surface area contributed by atoms with E-state index in [9.17, 15) is 14.4 Å². The molecule has 1 aromatic carbocycles. The smallest absolute Gasteiger partial charge is 0.341 e. The molecule has 0 aliphatic carbocycles. The summed E-state index contributed by atoms with van der Waals surface area (Å²) < 4.78 is 6.62. The number of amides is 1. The number of rotatable bonds is 5. The maximum Gasteiger partial charge on any atom is 0.341 e. The summed E-state index contributed by atoms with van der Waals surface area (Å²) in [6, 6.07) is 8.28. The van der Waals surface area contributed by atoms with Crippen molar-refractivity contribution in [3.8, 4) is 0 Å². The highest BCUT2D eigenvalue weighted by Gasteiger charge is 2.25. The van der Waals surface area contributed by atoms with Crippen LogP contribution in [0.15, 0.2) is 35.1 Å². The lowest BCUT2D eigenvalue weighted by molar-refractivity contribution is -0.118. The average Bonchev–Trinajstić information content (AvgIpc) is 2.95. The van der Waals surface area contributed by atoms with E-state index in [1.54, 1.807) is 13.8 Å². The number of fused-ring (bicyclic) bond motifs is 1. The average molecular weight is 413 g/mol. The van der Waals surface area contributed by atoms with Crippen molar-refractivity contribution in [3.63, 3.8) is 0 Å². The standard InChI is InChI=1S/C22H24N2O4S/c1-6-28-22(27)19-13(3)15(5)29-21(19)23-20(26)14(4)24-17-10-8-7-9-16(17)12(2)11-18(24)25/h7-11,14H,6H2,1-5H3,(H,23,26). The molecule has 0 radical (unpaired) electrons. The summed E-state index contributed by atoms with van der Waals surface area (Å²) in [5.74, 6) is -0.830. The molecule has 3 rings (SSSR count). The number of nitrogens with one attached hydrogen (secondary N) is 1. The Morgan fingerprint density at radius 2 is 1.90 bits per heavy atom. The van der Waals surface area contributed by atoms with Crippen LogP contribution in [-0.4, -0.2) is 23.1 Å². The van der Waals surface area contributed by atoms with Crippen LogP contribution < -0.4 is 10.9 Å². The Bertz CT molecular complexity index is 1160. The van der Waals surface area contributed by atoms with Crippen LogP contribution in [0, 0.1) is 20.8 Å². The zero-order chi connectivity index (χ0) is 21.3. The van der Waals surface area contributed by atoms with E-state index in [2.05, 4.69) is 5.32 Å². The monoisotopic (exact) mass is 412 g/mol. The minimum absolute atomic E-state index is 0.243. The number of anilines is 1. The van der Waals surface area contributed by atoms with Crippen molar-refractivity contribution in [1.29, 1.82) is 0 Å². The summed E-state index contributed by atoms with van der Waals surface area (Å²) in [5, 5.41) is 4.20. The second-order valence-corrected chi connectivity index (χ2v) is 8.15. The molecule has 1 amide bonds. The molecule has 0 saturated heterocycles. The molecule has 152 valence electrons. The molecule has 3 aromatic rings. The third-order valence-electron chi connectivity index (χ3n) is 5.03. The molecule has 0 saturated carbocycles. The van der Waals surface area contributed by atoms with E-state index in [-0.39, 0.29) is 18.1 Å². The Hall–Kier alpha value is -2.93. The Kier molecular flexibility index (Phi) is 5.88. The molecule has 2 heterocycles. The molecule has 0 aliphatic rings. The third-order valence-corrected chi connectivity index (χ3v) is 6.16. The fourth-order valence-corrected chi connectivity index (χ4v) is 4.42. The van der Waals surface area contributed by atoms with Crippen molar-refractivity contribution in [2.24, 2.45) is 0 Å². The predicted molar refractivity (Wildman–Crippen MR) is 116 cm³/mol. The van der Waals surface area contributed by atoms with Gasteiger partial charge in [0.2, 0.25) is 5.91 Å². The zero-order valence-electron chi connectivity index (χ0n) is 17.2. The molecule has 1 unspecified atom stereocenters. The number of carbonyl (C=O) groups excluding carboxylic acids is 2. The number of nitrogens with zero attached hydrogens (tertiary/aromatic N) is 1. The van der Waals surface area contributed by atoms with Gasteiger partial charge in [-0.25, -0.2) is 4.79 Å². The molecule has 0 spiro atoms.